The van der Waals surface area contributed by atoms with Crippen LogP contribution in [-0.4, -0.2) is 34.5 Å². The van der Waals surface area contributed by atoms with Crippen LogP contribution in [0.2, 0.25) is 0 Å². The van der Waals surface area contributed by atoms with Crippen molar-refractivity contribution in [3.63, 3.8) is 0 Å². The van der Waals surface area contributed by atoms with E-state index in [1.807, 2.05) is 0 Å². The molecule has 0 aromatic carbocycles. The molecule has 1 aliphatic carbocycles. The maximum Gasteiger partial charge on any atom is 0.357 e. The van der Waals surface area contributed by atoms with E-state index in [1.54, 1.807) is 6.92 Å². The Morgan fingerprint density at radius 2 is 2.37 bits per heavy atom. The number of allylic oxidation sites excluding steroid dienone is 2. The third-order valence-corrected chi connectivity index (χ3v) is 4.74. The van der Waals surface area contributed by atoms with Gasteiger partial charge in [-0.15, -0.1) is 0 Å². The standard InChI is InChI=1S/C11H8Br2ClNO4/c1-2-18-10(17)8-9(13)11(19-15-8)4-5(12)6(16)3-7(11)14/h3-4,9H,2H2,1H3. The van der Waals surface area contributed by atoms with E-state index in [1.165, 1.54) is 12.2 Å². The molecule has 1 spiro atoms. The van der Waals surface area contributed by atoms with Crippen molar-refractivity contribution in [3.8, 4) is 0 Å². The fourth-order valence-corrected chi connectivity index (χ4v) is 3.27. The summed E-state index contributed by atoms with van der Waals surface area (Å²) in [5.74, 6) is -0.865. The Hall–Kier alpha value is -0.660. The van der Waals surface area contributed by atoms with Gasteiger partial charge in [-0.05, 0) is 28.9 Å². The average Bonchev–Trinajstić information content (AvgIpc) is 2.66. The van der Waals surface area contributed by atoms with Crippen molar-refractivity contribution in [1.82, 2.24) is 0 Å². The summed E-state index contributed by atoms with van der Waals surface area (Å²) >= 11 is 12.5. The van der Waals surface area contributed by atoms with Gasteiger partial charge in [0.25, 0.3) is 0 Å². The van der Waals surface area contributed by atoms with Crippen LogP contribution in [0.1, 0.15) is 6.92 Å². The van der Waals surface area contributed by atoms with Crippen LogP contribution in [0, 0.1) is 0 Å². The topological polar surface area (TPSA) is 65.0 Å². The molecule has 0 fully saturated rings. The minimum absolute atomic E-state index is 0.0688. The zero-order valence-corrected chi connectivity index (χ0v) is 13.6. The molecule has 2 aliphatic rings. The molecule has 0 aromatic rings. The second kappa shape index (κ2) is 5.38. The Bertz CT molecular complexity index is 543. The molecule has 19 heavy (non-hydrogen) atoms. The van der Waals surface area contributed by atoms with Crippen LogP contribution in [0.4, 0.5) is 0 Å². The molecule has 2 atom stereocenters. The van der Waals surface area contributed by atoms with Gasteiger partial charge >= 0.3 is 5.97 Å². The number of carbonyl (C=O) groups excluding carboxylic acids is 2. The van der Waals surface area contributed by atoms with E-state index in [9.17, 15) is 9.59 Å². The third kappa shape index (κ3) is 2.39. The largest absolute Gasteiger partial charge is 0.461 e. The highest BCUT2D eigenvalue weighted by molar-refractivity contribution is 9.12. The Kier molecular flexibility index (Phi) is 4.17. The summed E-state index contributed by atoms with van der Waals surface area (Å²) in [5, 5.41) is 3.86. The first-order valence-electron chi connectivity index (χ1n) is 5.30. The van der Waals surface area contributed by atoms with Crippen LogP contribution in [0.3, 0.4) is 0 Å². The Morgan fingerprint density at radius 1 is 1.68 bits per heavy atom. The smallest absolute Gasteiger partial charge is 0.357 e. The molecule has 0 N–H and O–H groups in total. The molecule has 2 rings (SSSR count). The van der Waals surface area contributed by atoms with Gasteiger partial charge in [0.05, 0.1) is 16.1 Å². The monoisotopic (exact) mass is 411 g/mol. The summed E-state index contributed by atoms with van der Waals surface area (Å²) in [6.07, 6.45) is 2.70. The summed E-state index contributed by atoms with van der Waals surface area (Å²) in [7, 11) is 0. The van der Waals surface area contributed by atoms with E-state index in [2.05, 4.69) is 37.0 Å². The highest BCUT2D eigenvalue weighted by Gasteiger charge is 2.53. The first-order chi connectivity index (χ1) is 8.92. The van der Waals surface area contributed by atoms with Crippen LogP contribution in [0.25, 0.3) is 0 Å². The number of ketones is 1. The van der Waals surface area contributed by atoms with Gasteiger partial charge in [0, 0.05) is 6.08 Å². The zero-order chi connectivity index (χ0) is 14.2. The molecule has 0 amide bonds. The second-order valence-corrected chi connectivity index (χ2v) is 5.97. The maximum absolute atomic E-state index is 11.7. The summed E-state index contributed by atoms with van der Waals surface area (Å²) in [6.45, 7) is 1.92. The number of halogens is 3. The predicted octanol–water partition coefficient (Wildman–Crippen LogP) is 2.42. The lowest BCUT2D eigenvalue weighted by molar-refractivity contribution is -0.135. The van der Waals surface area contributed by atoms with E-state index in [-0.39, 0.29) is 23.1 Å². The van der Waals surface area contributed by atoms with Crippen molar-refractivity contribution in [1.29, 1.82) is 0 Å². The molecule has 1 heterocycles. The fourth-order valence-electron chi connectivity index (χ4n) is 1.66. The molecule has 0 radical (unpaired) electrons. The molecular formula is C11H8Br2ClNO4. The van der Waals surface area contributed by atoms with Crippen molar-refractivity contribution in [2.24, 2.45) is 5.16 Å². The molecule has 0 aromatic heterocycles. The minimum Gasteiger partial charge on any atom is -0.461 e. The SMILES string of the molecule is CCOC(=O)C1=NOC2(C=C(Br)C(=O)C=C2Cl)C1Br. The molecule has 102 valence electrons. The Morgan fingerprint density at radius 3 is 3.00 bits per heavy atom. The van der Waals surface area contributed by atoms with Crippen LogP contribution < -0.4 is 0 Å². The van der Waals surface area contributed by atoms with Gasteiger partial charge in [-0.25, -0.2) is 4.79 Å². The van der Waals surface area contributed by atoms with Crippen LogP contribution in [0.15, 0.2) is 26.8 Å². The molecular weight excluding hydrogens is 405 g/mol. The quantitative estimate of drug-likeness (QED) is 0.515. The predicted molar refractivity (Wildman–Crippen MR) is 76.6 cm³/mol. The number of rotatable bonds is 2. The number of nitrogens with zero attached hydrogens (tertiary/aromatic N) is 1. The number of oxime groups is 1. The number of hydrogen-bond donors (Lipinski definition) is 0. The maximum atomic E-state index is 11.7. The second-order valence-electron chi connectivity index (χ2n) is 3.79. The number of hydrogen-bond acceptors (Lipinski definition) is 5. The highest BCUT2D eigenvalue weighted by Crippen LogP contribution is 2.43. The Labute approximate surface area is 130 Å². The molecule has 8 heteroatoms. The number of ether oxygens (including phenoxy) is 1. The number of alkyl halides is 1. The summed E-state index contributed by atoms with van der Waals surface area (Å²) < 4.78 is 5.16. The van der Waals surface area contributed by atoms with Gasteiger partial charge in [0.2, 0.25) is 5.60 Å². The minimum atomic E-state index is -1.20. The van der Waals surface area contributed by atoms with Crippen molar-refractivity contribution < 1.29 is 19.2 Å². The van der Waals surface area contributed by atoms with Crippen molar-refractivity contribution in [2.75, 3.05) is 6.61 Å². The first kappa shape index (κ1) is 14.7. The van der Waals surface area contributed by atoms with E-state index in [0.29, 0.717) is 4.48 Å². The van der Waals surface area contributed by atoms with E-state index >= 15 is 0 Å². The first-order valence-corrected chi connectivity index (χ1v) is 7.38. The zero-order valence-electron chi connectivity index (χ0n) is 9.65. The Balaban J connectivity index is 2.33. The lowest BCUT2D eigenvalue weighted by Crippen LogP contribution is -2.43. The average molecular weight is 413 g/mol. The van der Waals surface area contributed by atoms with Crippen molar-refractivity contribution >= 4 is 60.9 Å². The van der Waals surface area contributed by atoms with Gasteiger partial charge < -0.3 is 9.57 Å². The van der Waals surface area contributed by atoms with Crippen molar-refractivity contribution in [3.05, 3.63) is 21.7 Å². The van der Waals surface area contributed by atoms with Gasteiger partial charge in [0.1, 0.15) is 4.83 Å². The summed E-state index contributed by atoms with van der Waals surface area (Å²) in [6, 6.07) is 0. The van der Waals surface area contributed by atoms with E-state index in [4.69, 9.17) is 21.2 Å². The van der Waals surface area contributed by atoms with Gasteiger partial charge in [-0.2, -0.15) is 0 Å². The summed E-state index contributed by atoms with van der Waals surface area (Å²) in [4.78, 5) is 27.9. The lowest BCUT2D eigenvalue weighted by Gasteiger charge is -2.28. The highest BCUT2D eigenvalue weighted by atomic mass is 79.9. The normalized spacial score (nSPS) is 29.6. The van der Waals surface area contributed by atoms with Crippen LogP contribution in [0.5, 0.6) is 0 Å². The molecule has 0 saturated heterocycles. The van der Waals surface area contributed by atoms with E-state index in [0.717, 1.165) is 0 Å². The van der Waals surface area contributed by atoms with Gasteiger partial charge in [-0.1, -0.05) is 32.7 Å². The van der Waals surface area contributed by atoms with Gasteiger partial charge in [-0.3, -0.25) is 4.79 Å². The van der Waals surface area contributed by atoms with Crippen LogP contribution >= 0.6 is 43.5 Å². The third-order valence-electron chi connectivity index (χ3n) is 2.60. The molecule has 0 bridgehead atoms. The summed E-state index contributed by atoms with van der Waals surface area (Å²) in [5.41, 5.74) is -1.13. The molecule has 2 unspecified atom stereocenters. The van der Waals surface area contributed by atoms with E-state index < -0.39 is 16.4 Å². The van der Waals surface area contributed by atoms with Crippen molar-refractivity contribution in [2.45, 2.75) is 17.4 Å². The lowest BCUT2D eigenvalue weighted by atomic mass is 9.91. The fraction of sp³-hybridized carbons (Fsp3) is 0.364. The molecule has 1 aliphatic heterocycles. The number of carbonyl (C=O) groups is 2. The molecule has 5 nitrogen and oxygen atoms in total. The van der Waals surface area contributed by atoms with Crippen LogP contribution in [-0.2, 0) is 19.2 Å². The molecule has 0 saturated carbocycles. The number of esters is 1. The van der Waals surface area contributed by atoms with Gasteiger partial charge in [0.15, 0.2) is 11.5 Å².